The molecule has 0 spiro atoms. The minimum atomic E-state index is -0.801. The molecule has 0 amide bonds. The van der Waals surface area contributed by atoms with Crippen LogP contribution in [0.25, 0.3) is 0 Å². The number of aliphatic hydroxyl groups excluding tert-OH is 1. The Bertz CT molecular complexity index is 412. The average molecular weight is 190 g/mol. The van der Waals surface area contributed by atoms with Gasteiger partial charge in [0.25, 0.3) is 0 Å². The number of pyridine rings is 1. The molecule has 0 aliphatic carbocycles. The van der Waals surface area contributed by atoms with Gasteiger partial charge in [0.05, 0.1) is 11.9 Å². The fraction of sp³-hybridized carbons (Fsp3) is 0.222. The zero-order valence-corrected chi connectivity index (χ0v) is 7.70. The Morgan fingerprint density at radius 3 is 2.79 bits per heavy atom. The molecule has 72 valence electrons. The molecule has 5 nitrogen and oxygen atoms in total. The van der Waals surface area contributed by atoms with E-state index in [1.54, 1.807) is 36.3 Å². The molecule has 2 aromatic heterocycles. The number of hydrogen-bond donors (Lipinski definition) is 1. The van der Waals surface area contributed by atoms with E-state index in [0.717, 1.165) is 0 Å². The Kier molecular flexibility index (Phi) is 2.24. The number of aromatic nitrogens is 4. The minimum absolute atomic E-state index is 0.506. The molecule has 14 heavy (non-hydrogen) atoms. The number of aliphatic hydroxyl groups is 1. The van der Waals surface area contributed by atoms with E-state index in [2.05, 4.69) is 15.3 Å². The highest BCUT2D eigenvalue weighted by atomic mass is 16.3. The normalized spacial score (nSPS) is 12.7. The van der Waals surface area contributed by atoms with Crippen molar-refractivity contribution >= 4 is 0 Å². The SMILES string of the molecule is Cn1cc(C(O)c2ccccn2)nn1. The van der Waals surface area contributed by atoms with Gasteiger partial charge in [0.15, 0.2) is 0 Å². The van der Waals surface area contributed by atoms with Gasteiger partial charge >= 0.3 is 0 Å². The lowest BCUT2D eigenvalue weighted by molar-refractivity contribution is 0.210. The Morgan fingerprint density at radius 2 is 2.21 bits per heavy atom. The van der Waals surface area contributed by atoms with E-state index in [1.807, 2.05) is 6.07 Å². The Morgan fingerprint density at radius 1 is 1.36 bits per heavy atom. The van der Waals surface area contributed by atoms with Crippen molar-refractivity contribution in [2.45, 2.75) is 6.10 Å². The van der Waals surface area contributed by atoms with Crippen LogP contribution in [0.5, 0.6) is 0 Å². The summed E-state index contributed by atoms with van der Waals surface area (Å²) in [6.07, 6.45) is 2.50. The van der Waals surface area contributed by atoms with Gasteiger partial charge in [-0.1, -0.05) is 11.3 Å². The molecular formula is C9H10N4O. The molecule has 0 aliphatic heterocycles. The van der Waals surface area contributed by atoms with Crippen LogP contribution in [0.15, 0.2) is 30.6 Å². The molecule has 0 saturated heterocycles. The smallest absolute Gasteiger partial charge is 0.141 e. The van der Waals surface area contributed by atoms with Crippen LogP contribution in [0.2, 0.25) is 0 Å². The summed E-state index contributed by atoms with van der Waals surface area (Å²) in [5, 5.41) is 17.4. The van der Waals surface area contributed by atoms with Crippen LogP contribution in [0.3, 0.4) is 0 Å². The van der Waals surface area contributed by atoms with Crippen LogP contribution in [0.4, 0.5) is 0 Å². The summed E-state index contributed by atoms with van der Waals surface area (Å²) in [6.45, 7) is 0. The van der Waals surface area contributed by atoms with Gasteiger partial charge < -0.3 is 5.11 Å². The molecule has 1 unspecified atom stereocenters. The van der Waals surface area contributed by atoms with Crippen LogP contribution in [0.1, 0.15) is 17.5 Å². The monoisotopic (exact) mass is 190 g/mol. The minimum Gasteiger partial charge on any atom is -0.380 e. The lowest BCUT2D eigenvalue weighted by atomic mass is 10.2. The van der Waals surface area contributed by atoms with Crippen molar-refractivity contribution in [1.29, 1.82) is 0 Å². The zero-order chi connectivity index (χ0) is 9.97. The summed E-state index contributed by atoms with van der Waals surface area (Å²) in [5.74, 6) is 0. The Hall–Kier alpha value is -1.75. The third-order valence-electron chi connectivity index (χ3n) is 1.87. The van der Waals surface area contributed by atoms with Crippen LogP contribution in [0, 0.1) is 0 Å². The summed E-state index contributed by atoms with van der Waals surface area (Å²) < 4.78 is 1.54. The molecule has 0 bridgehead atoms. The van der Waals surface area contributed by atoms with Crippen molar-refractivity contribution in [2.24, 2.45) is 7.05 Å². The fourth-order valence-electron chi connectivity index (χ4n) is 1.18. The first-order valence-electron chi connectivity index (χ1n) is 4.22. The standard InChI is InChI=1S/C9H10N4O/c1-13-6-8(11-12-13)9(14)7-4-2-3-5-10-7/h2-6,9,14H,1H3. The van der Waals surface area contributed by atoms with Gasteiger partial charge in [-0.05, 0) is 12.1 Å². The van der Waals surface area contributed by atoms with Crippen LogP contribution in [-0.2, 0) is 7.05 Å². The zero-order valence-electron chi connectivity index (χ0n) is 7.70. The topological polar surface area (TPSA) is 63.8 Å². The maximum absolute atomic E-state index is 9.83. The van der Waals surface area contributed by atoms with E-state index < -0.39 is 6.10 Å². The van der Waals surface area contributed by atoms with E-state index in [0.29, 0.717) is 11.4 Å². The first-order valence-corrected chi connectivity index (χ1v) is 4.22. The lowest BCUT2D eigenvalue weighted by Crippen LogP contribution is -2.02. The number of aryl methyl sites for hydroxylation is 1. The number of hydrogen-bond acceptors (Lipinski definition) is 4. The number of rotatable bonds is 2. The molecule has 0 radical (unpaired) electrons. The molecule has 2 aromatic rings. The largest absolute Gasteiger partial charge is 0.380 e. The van der Waals surface area contributed by atoms with Gasteiger partial charge in [-0.25, -0.2) is 0 Å². The summed E-state index contributed by atoms with van der Waals surface area (Å²) in [6, 6.07) is 5.37. The van der Waals surface area contributed by atoms with Crippen LogP contribution >= 0.6 is 0 Å². The third kappa shape index (κ3) is 1.62. The summed E-state index contributed by atoms with van der Waals surface area (Å²) in [7, 11) is 1.75. The molecule has 2 heterocycles. The summed E-state index contributed by atoms with van der Waals surface area (Å²) in [4.78, 5) is 4.04. The van der Waals surface area contributed by atoms with Crippen molar-refractivity contribution in [3.05, 3.63) is 42.0 Å². The summed E-state index contributed by atoms with van der Waals surface area (Å²) in [5.41, 5.74) is 1.08. The molecule has 1 N–H and O–H groups in total. The van der Waals surface area contributed by atoms with Gasteiger partial charge in [-0.15, -0.1) is 5.10 Å². The van der Waals surface area contributed by atoms with Gasteiger partial charge in [0.1, 0.15) is 11.8 Å². The van der Waals surface area contributed by atoms with Gasteiger partial charge in [0.2, 0.25) is 0 Å². The van der Waals surface area contributed by atoms with E-state index >= 15 is 0 Å². The highest BCUT2D eigenvalue weighted by Gasteiger charge is 2.14. The number of nitrogens with zero attached hydrogens (tertiary/aromatic N) is 4. The molecule has 5 heteroatoms. The molecule has 2 rings (SSSR count). The maximum Gasteiger partial charge on any atom is 0.141 e. The van der Waals surface area contributed by atoms with Crippen molar-refractivity contribution in [2.75, 3.05) is 0 Å². The van der Waals surface area contributed by atoms with Crippen molar-refractivity contribution in [3.63, 3.8) is 0 Å². The first-order chi connectivity index (χ1) is 6.77. The molecule has 0 aliphatic rings. The molecular weight excluding hydrogens is 180 g/mol. The predicted octanol–water partition coefficient (Wildman–Crippen LogP) is 0.292. The van der Waals surface area contributed by atoms with Gasteiger partial charge in [0, 0.05) is 13.2 Å². The Balaban J connectivity index is 2.29. The molecule has 0 aromatic carbocycles. The second-order valence-corrected chi connectivity index (χ2v) is 2.97. The molecule has 0 saturated carbocycles. The van der Waals surface area contributed by atoms with E-state index in [1.165, 1.54) is 0 Å². The average Bonchev–Trinajstić information content (AvgIpc) is 2.65. The van der Waals surface area contributed by atoms with Gasteiger partial charge in [-0.2, -0.15) is 0 Å². The fourth-order valence-corrected chi connectivity index (χ4v) is 1.18. The van der Waals surface area contributed by atoms with Crippen LogP contribution < -0.4 is 0 Å². The van der Waals surface area contributed by atoms with Crippen molar-refractivity contribution < 1.29 is 5.11 Å². The molecule has 0 fully saturated rings. The van der Waals surface area contributed by atoms with Crippen molar-refractivity contribution in [3.8, 4) is 0 Å². The summed E-state index contributed by atoms with van der Waals surface area (Å²) >= 11 is 0. The lowest BCUT2D eigenvalue weighted by Gasteiger charge is -2.04. The quantitative estimate of drug-likeness (QED) is 0.739. The highest BCUT2D eigenvalue weighted by Crippen LogP contribution is 2.16. The first kappa shape index (κ1) is 8.83. The Labute approximate surface area is 81.0 Å². The van der Waals surface area contributed by atoms with Crippen molar-refractivity contribution in [1.82, 2.24) is 20.0 Å². The maximum atomic E-state index is 9.83. The van der Waals surface area contributed by atoms with Gasteiger partial charge in [-0.3, -0.25) is 9.67 Å². The van der Waals surface area contributed by atoms with E-state index in [9.17, 15) is 5.11 Å². The van der Waals surface area contributed by atoms with E-state index in [4.69, 9.17) is 0 Å². The third-order valence-corrected chi connectivity index (χ3v) is 1.87. The molecule has 1 atom stereocenters. The highest BCUT2D eigenvalue weighted by molar-refractivity contribution is 5.16. The second kappa shape index (κ2) is 3.55. The van der Waals surface area contributed by atoms with Crippen LogP contribution in [-0.4, -0.2) is 25.1 Å². The second-order valence-electron chi connectivity index (χ2n) is 2.97. The van der Waals surface area contributed by atoms with E-state index in [-0.39, 0.29) is 0 Å². The predicted molar refractivity (Wildman–Crippen MR) is 49.3 cm³/mol.